The number of hydrogen-bond acceptors (Lipinski definition) is 6. The molecule has 0 unspecified atom stereocenters. The van der Waals surface area contributed by atoms with Crippen molar-refractivity contribution in [1.82, 2.24) is 20.4 Å². The number of nitrogens with one attached hydrogen (secondary N) is 1. The topological polar surface area (TPSA) is 84.4 Å². The van der Waals surface area contributed by atoms with Crippen LogP contribution in [0.1, 0.15) is 24.7 Å². The molecule has 1 saturated heterocycles. The van der Waals surface area contributed by atoms with E-state index in [4.69, 9.17) is 8.94 Å². The maximum absolute atomic E-state index is 11.7. The second-order valence-electron chi connectivity index (χ2n) is 5.67. The number of rotatable bonds is 5. The van der Waals surface area contributed by atoms with Gasteiger partial charge in [0.25, 0.3) is 0 Å². The lowest BCUT2D eigenvalue weighted by Gasteiger charge is -2.36. The molecule has 1 N–H and O–H groups in total. The second kappa shape index (κ2) is 5.00. The van der Waals surface area contributed by atoms with Gasteiger partial charge in [0.1, 0.15) is 0 Å². The number of carbonyl (C=O) groups excluding carboxylic acids is 1. The first kappa shape index (κ1) is 12.6. The molecule has 0 spiro atoms. The molecule has 1 amide bonds. The van der Waals surface area contributed by atoms with Crippen molar-refractivity contribution in [3.05, 3.63) is 24.3 Å². The molecule has 110 valence electrons. The van der Waals surface area contributed by atoms with Crippen LogP contribution in [-0.4, -0.2) is 46.6 Å². The van der Waals surface area contributed by atoms with Crippen molar-refractivity contribution in [3.8, 4) is 11.6 Å². The van der Waals surface area contributed by atoms with Crippen molar-refractivity contribution in [2.75, 3.05) is 19.6 Å². The van der Waals surface area contributed by atoms with E-state index in [9.17, 15) is 4.79 Å². The normalized spacial score (nSPS) is 19.4. The van der Waals surface area contributed by atoms with E-state index >= 15 is 0 Å². The standard InChI is InChI=1S/C14H16N4O3/c19-12(15-10-3-4-10)8-18-6-9(7-18)14-16-13(17-21-14)11-2-1-5-20-11/h1-2,5,9-10H,3-4,6-8H2,(H,15,19). The van der Waals surface area contributed by atoms with Gasteiger partial charge in [-0.1, -0.05) is 5.16 Å². The second-order valence-corrected chi connectivity index (χ2v) is 5.67. The summed E-state index contributed by atoms with van der Waals surface area (Å²) >= 11 is 0. The Hall–Kier alpha value is -2.15. The molecule has 1 saturated carbocycles. The first-order chi connectivity index (χ1) is 10.3. The van der Waals surface area contributed by atoms with Crippen LogP contribution in [0.4, 0.5) is 0 Å². The molecule has 4 rings (SSSR count). The molecule has 21 heavy (non-hydrogen) atoms. The van der Waals surface area contributed by atoms with E-state index in [1.807, 2.05) is 0 Å². The van der Waals surface area contributed by atoms with Gasteiger partial charge in [-0.3, -0.25) is 9.69 Å². The Balaban J connectivity index is 1.30. The molecule has 0 atom stereocenters. The van der Waals surface area contributed by atoms with Crippen molar-refractivity contribution >= 4 is 5.91 Å². The first-order valence-electron chi connectivity index (χ1n) is 7.17. The van der Waals surface area contributed by atoms with Gasteiger partial charge in [-0.15, -0.1) is 0 Å². The monoisotopic (exact) mass is 288 g/mol. The maximum atomic E-state index is 11.7. The lowest BCUT2D eigenvalue weighted by atomic mass is 10.0. The Kier molecular flexibility index (Phi) is 2.99. The summed E-state index contributed by atoms with van der Waals surface area (Å²) in [4.78, 5) is 18.1. The fourth-order valence-corrected chi connectivity index (χ4v) is 2.47. The number of furan rings is 1. The van der Waals surface area contributed by atoms with E-state index in [2.05, 4.69) is 20.4 Å². The van der Waals surface area contributed by atoms with E-state index in [0.717, 1.165) is 25.9 Å². The van der Waals surface area contributed by atoms with Crippen LogP contribution in [-0.2, 0) is 4.79 Å². The summed E-state index contributed by atoms with van der Waals surface area (Å²) in [6.45, 7) is 2.00. The van der Waals surface area contributed by atoms with E-state index in [1.165, 1.54) is 0 Å². The highest BCUT2D eigenvalue weighted by Gasteiger charge is 2.34. The Morgan fingerprint density at radius 2 is 2.29 bits per heavy atom. The minimum Gasteiger partial charge on any atom is -0.461 e. The highest BCUT2D eigenvalue weighted by molar-refractivity contribution is 5.78. The predicted octanol–water partition coefficient (Wildman–Crippen LogP) is 1.01. The van der Waals surface area contributed by atoms with Crippen LogP contribution in [0.25, 0.3) is 11.6 Å². The van der Waals surface area contributed by atoms with Crippen LogP contribution in [0.3, 0.4) is 0 Å². The van der Waals surface area contributed by atoms with Gasteiger partial charge < -0.3 is 14.3 Å². The number of likely N-dealkylation sites (tertiary alicyclic amines) is 1. The van der Waals surface area contributed by atoms with Crippen LogP contribution in [0.2, 0.25) is 0 Å². The fourth-order valence-electron chi connectivity index (χ4n) is 2.47. The minimum absolute atomic E-state index is 0.109. The molecule has 0 radical (unpaired) electrons. The lowest BCUT2D eigenvalue weighted by molar-refractivity contribution is -0.123. The summed E-state index contributed by atoms with van der Waals surface area (Å²) in [5, 5.41) is 6.90. The average molecular weight is 288 g/mol. The van der Waals surface area contributed by atoms with Gasteiger partial charge in [-0.25, -0.2) is 0 Å². The molecule has 3 heterocycles. The molecule has 2 aromatic heterocycles. The van der Waals surface area contributed by atoms with Gasteiger partial charge >= 0.3 is 0 Å². The SMILES string of the molecule is O=C(CN1CC(c2nc(-c3ccco3)no2)C1)NC1CC1. The summed E-state index contributed by atoms with van der Waals surface area (Å²) in [5.41, 5.74) is 0. The molecule has 7 heteroatoms. The third kappa shape index (κ3) is 2.69. The Labute approximate surface area is 121 Å². The van der Waals surface area contributed by atoms with Crippen LogP contribution in [0.5, 0.6) is 0 Å². The number of nitrogens with zero attached hydrogens (tertiary/aromatic N) is 3. The lowest BCUT2D eigenvalue weighted by Crippen LogP contribution is -2.49. The van der Waals surface area contributed by atoms with Crippen LogP contribution in [0, 0.1) is 0 Å². The zero-order valence-electron chi connectivity index (χ0n) is 11.5. The van der Waals surface area contributed by atoms with Crippen molar-refractivity contribution in [1.29, 1.82) is 0 Å². The molecular weight excluding hydrogens is 272 g/mol. The van der Waals surface area contributed by atoms with Crippen molar-refractivity contribution < 1.29 is 13.7 Å². The average Bonchev–Trinajstić information content (AvgIpc) is 2.95. The quantitative estimate of drug-likeness (QED) is 0.884. The number of hydrogen-bond donors (Lipinski definition) is 1. The highest BCUT2D eigenvalue weighted by atomic mass is 16.5. The maximum Gasteiger partial charge on any atom is 0.238 e. The van der Waals surface area contributed by atoms with Crippen molar-refractivity contribution in [2.24, 2.45) is 0 Å². The summed E-state index contributed by atoms with van der Waals surface area (Å²) in [7, 11) is 0. The first-order valence-corrected chi connectivity index (χ1v) is 7.17. The third-order valence-electron chi connectivity index (χ3n) is 3.80. The van der Waals surface area contributed by atoms with E-state index in [-0.39, 0.29) is 11.8 Å². The van der Waals surface area contributed by atoms with E-state index < -0.39 is 0 Å². The Morgan fingerprint density at radius 1 is 1.43 bits per heavy atom. The largest absolute Gasteiger partial charge is 0.461 e. The summed E-state index contributed by atoms with van der Waals surface area (Å²) < 4.78 is 10.5. The molecule has 1 aliphatic carbocycles. The summed E-state index contributed by atoms with van der Waals surface area (Å²) in [6, 6.07) is 4.00. The van der Waals surface area contributed by atoms with Gasteiger partial charge in [0.05, 0.1) is 18.7 Å². The molecule has 0 aromatic carbocycles. The van der Waals surface area contributed by atoms with Gasteiger partial charge in [0, 0.05) is 19.1 Å². The summed E-state index contributed by atoms with van der Waals surface area (Å²) in [6.07, 6.45) is 3.81. The third-order valence-corrected chi connectivity index (χ3v) is 3.80. The molecular formula is C14H16N4O3. The highest BCUT2D eigenvalue weighted by Crippen LogP contribution is 2.27. The van der Waals surface area contributed by atoms with Gasteiger partial charge in [0.2, 0.25) is 17.6 Å². The predicted molar refractivity (Wildman–Crippen MR) is 72.3 cm³/mol. The number of amides is 1. The van der Waals surface area contributed by atoms with Crippen LogP contribution < -0.4 is 5.32 Å². The molecule has 2 fully saturated rings. The van der Waals surface area contributed by atoms with E-state index in [1.54, 1.807) is 18.4 Å². The van der Waals surface area contributed by atoms with Gasteiger partial charge in [-0.05, 0) is 25.0 Å². The van der Waals surface area contributed by atoms with Crippen molar-refractivity contribution in [3.63, 3.8) is 0 Å². The molecule has 2 aromatic rings. The van der Waals surface area contributed by atoms with E-state index in [0.29, 0.717) is 30.1 Å². The van der Waals surface area contributed by atoms with Crippen molar-refractivity contribution in [2.45, 2.75) is 24.8 Å². The molecule has 7 nitrogen and oxygen atoms in total. The minimum atomic E-state index is 0.109. The Bertz CT molecular complexity index is 626. The molecule has 1 aliphatic heterocycles. The number of carbonyl (C=O) groups is 1. The van der Waals surface area contributed by atoms with Gasteiger partial charge in [-0.2, -0.15) is 4.98 Å². The molecule has 0 bridgehead atoms. The molecule has 2 aliphatic rings. The van der Waals surface area contributed by atoms with Crippen LogP contribution in [0.15, 0.2) is 27.3 Å². The fraction of sp³-hybridized carbons (Fsp3) is 0.500. The zero-order valence-corrected chi connectivity index (χ0v) is 11.5. The Morgan fingerprint density at radius 3 is 3.00 bits per heavy atom. The number of aromatic nitrogens is 2. The van der Waals surface area contributed by atoms with Crippen LogP contribution >= 0.6 is 0 Å². The summed E-state index contributed by atoms with van der Waals surface area (Å²) in [5.74, 6) is 2.00. The smallest absolute Gasteiger partial charge is 0.238 e. The zero-order chi connectivity index (χ0) is 14.2. The van der Waals surface area contributed by atoms with Gasteiger partial charge in [0.15, 0.2) is 5.76 Å².